The van der Waals surface area contributed by atoms with Crippen LogP contribution in [0.3, 0.4) is 0 Å². The summed E-state index contributed by atoms with van der Waals surface area (Å²) in [4.78, 5) is 4.03. The Labute approximate surface area is 116 Å². The van der Waals surface area contributed by atoms with Gasteiger partial charge >= 0.3 is 0 Å². The lowest BCUT2D eigenvalue weighted by Crippen LogP contribution is -2.43. The molecule has 0 aliphatic heterocycles. The summed E-state index contributed by atoms with van der Waals surface area (Å²) in [5.74, 6) is 0.843. The molecule has 0 atom stereocenters. The molecule has 0 spiro atoms. The molecule has 6 heteroatoms. The van der Waals surface area contributed by atoms with Crippen LogP contribution in [-0.2, 0) is 11.3 Å². The highest BCUT2D eigenvalue weighted by molar-refractivity contribution is 7.71. The monoisotopic (exact) mass is 276 g/mol. The summed E-state index contributed by atoms with van der Waals surface area (Å²) in [6.45, 7) is 0.747. The van der Waals surface area contributed by atoms with E-state index in [1.165, 1.54) is 6.42 Å². The van der Waals surface area contributed by atoms with E-state index >= 15 is 0 Å². The van der Waals surface area contributed by atoms with Crippen molar-refractivity contribution in [2.75, 3.05) is 7.11 Å². The Morgan fingerprint density at radius 1 is 1.42 bits per heavy atom. The van der Waals surface area contributed by atoms with Crippen LogP contribution in [0.2, 0.25) is 0 Å². The highest BCUT2D eigenvalue weighted by Crippen LogP contribution is 2.37. The van der Waals surface area contributed by atoms with E-state index in [1.807, 2.05) is 16.7 Å². The van der Waals surface area contributed by atoms with Crippen LogP contribution in [-0.4, -0.2) is 32.5 Å². The van der Waals surface area contributed by atoms with Gasteiger partial charge in [0, 0.05) is 25.1 Å². The van der Waals surface area contributed by atoms with Crippen molar-refractivity contribution < 1.29 is 4.74 Å². The molecule has 0 saturated heterocycles. The Kier molecular flexibility index (Phi) is 3.20. The number of H-pyrrole nitrogens is 1. The number of ether oxygens (including phenoxy) is 1. The van der Waals surface area contributed by atoms with Crippen molar-refractivity contribution in [2.24, 2.45) is 0 Å². The minimum Gasteiger partial charge on any atom is -0.376 e. The van der Waals surface area contributed by atoms with Crippen molar-refractivity contribution >= 4 is 12.2 Å². The molecule has 1 saturated carbocycles. The molecule has 2 heterocycles. The molecule has 0 amide bonds. The summed E-state index contributed by atoms with van der Waals surface area (Å²) in [7, 11) is 1.77. The molecule has 0 radical (unpaired) electrons. The third kappa shape index (κ3) is 2.21. The first kappa shape index (κ1) is 12.5. The number of nitrogens with one attached hydrogen (secondary N) is 1. The first-order valence-corrected chi connectivity index (χ1v) is 6.76. The third-order valence-electron chi connectivity index (χ3n) is 3.84. The van der Waals surface area contributed by atoms with Crippen LogP contribution in [0.4, 0.5) is 0 Å². The van der Waals surface area contributed by atoms with E-state index in [-0.39, 0.29) is 5.60 Å². The van der Waals surface area contributed by atoms with Crippen molar-refractivity contribution in [3.05, 3.63) is 29.3 Å². The fraction of sp³-hybridized carbons (Fsp3) is 0.462. The van der Waals surface area contributed by atoms with Gasteiger partial charge in [-0.15, -0.1) is 0 Å². The second-order valence-electron chi connectivity index (χ2n) is 4.92. The van der Waals surface area contributed by atoms with Crippen molar-refractivity contribution in [3.8, 4) is 11.4 Å². The van der Waals surface area contributed by atoms with Crippen molar-refractivity contribution in [1.29, 1.82) is 0 Å². The summed E-state index contributed by atoms with van der Waals surface area (Å²) >= 11 is 5.33. The van der Waals surface area contributed by atoms with Crippen LogP contribution >= 0.6 is 12.2 Å². The van der Waals surface area contributed by atoms with Gasteiger partial charge in [0.2, 0.25) is 0 Å². The Morgan fingerprint density at radius 2 is 2.16 bits per heavy atom. The lowest BCUT2D eigenvalue weighted by molar-refractivity contribution is -0.0835. The topological polar surface area (TPSA) is 55.7 Å². The molecule has 1 fully saturated rings. The van der Waals surface area contributed by atoms with Gasteiger partial charge in [0.25, 0.3) is 0 Å². The molecule has 1 aliphatic carbocycles. The molecule has 0 unspecified atom stereocenters. The number of rotatable bonds is 4. The highest BCUT2D eigenvalue weighted by Gasteiger charge is 2.38. The molecule has 5 nitrogen and oxygen atoms in total. The summed E-state index contributed by atoms with van der Waals surface area (Å²) in [6.07, 6.45) is 6.88. The van der Waals surface area contributed by atoms with Crippen LogP contribution in [0.5, 0.6) is 0 Å². The number of pyridine rings is 1. The molecule has 2 aromatic heterocycles. The van der Waals surface area contributed by atoms with Gasteiger partial charge in [-0.05, 0) is 43.6 Å². The van der Waals surface area contributed by atoms with Gasteiger partial charge in [0.15, 0.2) is 10.6 Å². The normalized spacial score (nSPS) is 17.1. The quantitative estimate of drug-likeness (QED) is 0.872. The van der Waals surface area contributed by atoms with E-state index in [9.17, 15) is 0 Å². The van der Waals surface area contributed by atoms with Crippen molar-refractivity contribution in [1.82, 2.24) is 19.7 Å². The Hall–Kier alpha value is -1.53. The number of aromatic nitrogens is 4. The number of hydrogen-bond acceptors (Lipinski definition) is 4. The Balaban J connectivity index is 1.98. The van der Waals surface area contributed by atoms with Gasteiger partial charge in [-0.1, -0.05) is 0 Å². The zero-order valence-electron chi connectivity index (χ0n) is 10.8. The second kappa shape index (κ2) is 4.86. The summed E-state index contributed by atoms with van der Waals surface area (Å²) in [5, 5.41) is 7.20. The fourth-order valence-corrected chi connectivity index (χ4v) is 2.67. The van der Waals surface area contributed by atoms with Gasteiger partial charge in [-0.2, -0.15) is 5.10 Å². The minimum absolute atomic E-state index is 0.0795. The maximum atomic E-state index is 5.67. The van der Waals surface area contributed by atoms with Crippen LogP contribution in [0, 0.1) is 4.77 Å². The molecule has 3 rings (SSSR count). The van der Waals surface area contributed by atoms with E-state index in [4.69, 9.17) is 17.0 Å². The number of nitrogens with zero attached hydrogens (tertiary/aromatic N) is 3. The first-order valence-electron chi connectivity index (χ1n) is 6.35. The Bertz CT molecular complexity index is 610. The van der Waals surface area contributed by atoms with Crippen LogP contribution in [0.1, 0.15) is 19.3 Å². The van der Waals surface area contributed by atoms with E-state index in [1.54, 1.807) is 19.5 Å². The maximum Gasteiger partial charge on any atom is 0.195 e. The smallest absolute Gasteiger partial charge is 0.195 e. The van der Waals surface area contributed by atoms with Crippen LogP contribution in [0.15, 0.2) is 24.5 Å². The first-order chi connectivity index (χ1) is 9.24. The van der Waals surface area contributed by atoms with E-state index in [0.717, 1.165) is 30.8 Å². The van der Waals surface area contributed by atoms with Gasteiger partial charge < -0.3 is 4.74 Å². The predicted molar refractivity (Wildman–Crippen MR) is 74.2 cm³/mol. The molecule has 1 aliphatic rings. The number of hydrogen-bond donors (Lipinski definition) is 1. The summed E-state index contributed by atoms with van der Waals surface area (Å²) in [6, 6.07) is 3.86. The molecule has 0 bridgehead atoms. The highest BCUT2D eigenvalue weighted by atomic mass is 32.1. The summed E-state index contributed by atoms with van der Waals surface area (Å²) in [5.41, 5.74) is 0.928. The number of methoxy groups -OCH3 is 1. The van der Waals surface area contributed by atoms with E-state index in [2.05, 4.69) is 15.2 Å². The predicted octanol–water partition coefficient (Wildman–Crippen LogP) is 2.57. The molecule has 2 aromatic rings. The lowest BCUT2D eigenvalue weighted by atomic mass is 9.80. The van der Waals surface area contributed by atoms with Gasteiger partial charge in [0.05, 0.1) is 12.1 Å². The molecule has 0 aromatic carbocycles. The minimum atomic E-state index is -0.0795. The van der Waals surface area contributed by atoms with Crippen LogP contribution in [0.25, 0.3) is 11.4 Å². The molecular formula is C13H16N4OS. The fourth-order valence-electron chi connectivity index (χ4n) is 2.47. The Morgan fingerprint density at radius 3 is 2.74 bits per heavy atom. The number of aromatic amines is 1. The molecule has 19 heavy (non-hydrogen) atoms. The lowest BCUT2D eigenvalue weighted by Gasteiger charge is -2.40. The molecule has 1 N–H and O–H groups in total. The zero-order valence-corrected chi connectivity index (χ0v) is 11.6. The van der Waals surface area contributed by atoms with E-state index in [0.29, 0.717) is 4.77 Å². The maximum absolute atomic E-state index is 5.67. The summed E-state index contributed by atoms with van der Waals surface area (Å²) < 4.78 is 8.33. The SMILES string of the molecule is COC1(Cn2c(-c3ccncc3)n[nH]c2=S)CCC1. The largest absolute Gasteiger partial charge is 0.376 e. The standard InChI is InChI=1S/C13H16N4OS/c1-18-13(5-2-6-13)9-17-11(15-16-12(17)19)10-3-7-14-8-4-10/h3-4,7-8H,2,5-6,9H2,1H3,(H,16,19). The average molecular weight is 276 g/mol. The third-order valence-corrected chi connectivity index (χ3v) is 4.15. The van der Waals surface area contributed by atoms with Crippen molar-refractivity contribution in [2.45, 2.75) is 31.4 Å². The van der Waals surface area contributed by atoms with Gasteiger partial charge in [-0.25, -0.2) is 0 Å². The van der Waals surface area contributed by atoms with Crippen molar-refractivity contribution in [3.63, 3.8) is 0 Å². The molecular weight excluding hydrogens is 260 g/mol. The second-order valence-corrected chi connectivity index (χ2v) is 5.30. The average Bonchev–Trinajstić information content (AvgIpc) is 2.76. The zero-order chi connectivity index (χ0) is 13.3. The van der Waals surface area contributed by atoms with Gasteiger partial charge in [0.1, 0.15) is 0 Å². The van der Waals surface area contributed by atoms with E-state index < -0.39 is 0 Å². The molecule has 100 valence electrons. The van der Waals surface area contributed by atoms with Crippen LogP contribution < -0.4 is 0 Å². The van der Waals surface area contributed by atoms with Gasteiger partial charge in [-0.3, -0.25) is 14.6 Å².